The van der Waals surface area contributed by atoms with Crippen molar-refractivity contribution in [2.45, 2.75) is 79.9 Å². The summed E-state index contributed by atoms with van der Waals surface area (Å²) in [6.45, 7) is 12.6. The van der Waals surface area contributed by atoms with E-state index < -0.39 is 36.0 Å². The van der Waals surface area contributed by atoms with Gasteiger partial charge >= 0.3 is 23.9 Å². The molecule has 0 amide bonds. The molecule has 1 rings (SSSR count). The van der Waals surface area contributed by atoms with E-state index in [-0.39, 0.29) is 42.3 Å². The molecule has 0 heterocycles. The molecule has 0 aliphatic carbocycles. The summed E-state index contributed by atoms with van der Waals surface area (Å²) in [4.78, 5) is 49.0. The molecule has 0 fully saturated rings. The largest absolute Gasteiger partial charge is 0.468 e. The quantitative estimate of drug-likeness (QED) is 0.296. The third kappa shape index (κ3) is 10.4. The fourth-order valence-corrected chi connectivity index (χ4v) is 3.13. The van der Waals surface area contributed by atoms with Crippen molar-refractivity contribution in [1.82, 2.24) is 5.32 Å². The lowest BCUT2D eigenvalue weighted by molar-refractivity contribution is -0.152. The van der Waals surface area contributed by atoms with Crippen molar-refractivity contribution in [3.63, 3.8) is 0 Å². The molecule has 0 spiro atoms. The minimum absolute atomic E-state index is 0.0935. The summed E-state index contributed by atoms with van der Waals surface area (Å²) in [6, 6.07) is 4.04. The van der Waals surface area contributed by atoms with Crippen molar-refractivity contribution in [3.8, 4) is 11.5 Å². The van der Waals surface area contributed by atoms with Gasteiger partial charge in [-0.3, -0.25) is 19.2 Å². The third-order valence-corrected chi connectivity index (χ3v) is 5.39. The number of hydrogen-bond donors (Lipinski definition) is 1. The maximum absolute atomic E-state index is 12.4. The molecule has 202 valence electrons. The molecule has 0 saturated carbocycles. The summed E-state index contributed by atoms with van der Waals surface area (Å²) in [5, 5.41) is 3.09. The molecule has 1 N–H and O–H groups in total. The molecule has 2 unspecified atom stereocenters. The molecule has 0 aliphatic rings. The number of carbonyl (C=O) groups excluding carboxylic acids is 4. The predicted octanol–water partition coefficient (Wildman–Crippen LogP) is 3.85. The van der Waals surface area contributed by atoms with Crippen LogP contribution in [0.5, 0.6) is 11.5 Å². The maximum atomic E-state index is 12.4. The standard InChI is InChI=1S/C27H41NO8/c1-9-10-18(6)26(31)34-19(7)15-28-21(27(32)33-8)13-20-11-12-22(35-24(29)16(2)3)23(14-20)36-25(30)17(4)5/h11-12,14,16-19,21,28H,9-10,13,15H2,1-8H3/t18?,19?,21-/m0/s1. The summed E-state index contributed by atoms with van der Waals surface area (Å²) in [5.41, 5.74) is 0.648. The summed E-state index contributed by atoms with van der Waals surface area (Å²) in [6.07, 6.45) is 1.38. The lowest BCUT2D eigenvalue weighted by atomic mass is 10.0. The molecule has 0 aromatic heterocycles. The van der Waals surface area contributed by atoms with E-state index in [2.05, 4.69) is 5.32 Å². The highest BCUT2D eigenvalue weighted by molar-refractivity contribution is 5.78. The van der Waals surface area contributed by atoms with E-state index in [4.69, 9.17) is 18.9 Å². The van der Waals surface area contributed by atoms with Crippen LogP contribution in [-0.4, -0.2) is 49.7 Å². The Balaban J connectivity index is 3.02. The van der Waals surface area contributed by atoms with Crippen LogP contribution in [0.1, 0.15) is 66.9 Å². The average molecular weight is 508 g/mol. The van der Waals surface area contributed by atoms with E-state index in [0.29, 0.717) is 5.56 Å². The first-order chi connectivity index (χ1) is 16.9. The van der Waals surface area contributed by atoms with Crippen LogP contribution < -0.4 is 14.8 Å². The molecular weight excluding hydrogens is 466 g/mol. The SMILES string of the molecule is CCCC(C)C(=O)OC(C)CN[C@@H](Cc1ccc(OC(=O)C(C)C)c(OC(=O)C(C)C)c1)C(=O)OC. The highest BCUT2D eigenvalue weighted by atomic mass is 16.6. The first-order valence-corrected chi connectivity index (χ1v) is 12.5. The zero-order chi connectivity index (χ0) is 27.4. The zero-order valence-electron chi connectivity index (χ0n) is 22.7. The monoisotopic (exact) mass is 507 g/mol. The van der Waals surface area contributed by atoms with Gasteiger partial charge in [-0.15, -0.1) is 0 Å². The van der Waals surface area contributed by atoms with E-state index in [0.717, 1.165) is 12.8 Å². The number of carbonyl (C=O) groups is 4. The van der Waals surface area contributed by atoms with Crippen LogP contribution in [0.2, 0.25) is 0 Å². The molecule has 36 heavy (non-hydrogen) atoms. The molecule has 1 aromatic rings. The van der Waals surface area contributed by atoms with Gasteiger partial charge in [-0.2, -0.15) is 0 Å². The Morgan fingerprint density at radius 1 is 0.833 bits per heavy atom. The Kier molecular flexibility index (Phi) is 13.2. The number of hydrogen-bond acceptors (Lipinski definition) is 9. The van der Waals surface area contributed by atoms with Gasteiger partial charge in [0.2, 0.25) is 0 Å². The summed E-state index contributed by atoms with van der Waals surface area (Å²) in [7, 11) is 1.29. The van der Waals surface area contributed by atoms with Crippen molar-refractivity contribution in [2.24, 2.45) is 17.8 Å². The summed E-state index contributed by atoms with van der Waals surface area (Å²) >= 11 is 0. The molecule has 3 atom stereocenters. The van der Waals surface area contributed by atoms with Gasteiger partial charge in [0.05, 0.1) is 24.9 Å². The molecule has 9 heteroatoms. The minimum atomic E-state index is -0.748. The Hall–Kier alpha value is -2.94. The first-order valence-electron chi connectivity index (χ1n) is 12.5. The number of esters is 4. The highest BCUT2D eigenvalue weighted by Crippen LogP contribution is 2.30. The van der Waals surface area contributed by atoms with Crippen LogP contribution >= 0.6 is 0 Å². The lowest BCUT2D eigenvalue weighted by Crippen LogP contribution is -2.43. The normalized spacial score (nSPS) is 13.6. The van der Waals surface area contributed by atoms with Gasteiger partial charge in [-0.1, -0.05) is 54.0 Å². The number of benzene rings is 1. The van der Waals surface area contributed by atoms with Crippen LogP contribution in [-0.2, 0) is 35.1 Å². The summed E-state index contributed by atoms with van der Waals surface area (Å²) in [5.74, 6) is -2.45. The van der Waals surface area contributed by atoms with Crippen LogP contribution in [0, 0.1) is 17.8 Å². The second kappa shape index (κ2) is 15.2. The second-order valence-electron chi connectivity index (χ2n) is 9.56. The predicted molar refractivity (Wildman–Crippen MR) is 135 cm³/mol. The van der Waals surface area contributed by atoms with E-state index >= 15 is 0 Å². The van der Waals surface area contributed by atoms with E-state index in [1.807, 2.05) is 13.8 Å². The third-order valence-electron chi connectivity index (χ3n) is 5.39. The van der Waals surface area contributed by atoms with Gasteiger partial charge in [0.15, 0.2) is 11.5 Å². The van der Waals surface area contributed by atoms with Crippen molar-refractivity contribution in [2.75, 3.05) is 13.7 Å². The van der Waals surface area contributed by atoms with E-state index in [1.165, 1.54) is 13.2 Å². The van der Waals surface area contributed by atoms with Crippen molar-refractivity contribution < 1.29 is 38.1 Å². The summed E-state index contributed by atoms with van der Waals surface area (Å²) < 4.78 is 21.3. The zero-order valence-corrected chi connectivity index (χ0v) is 22.7. The maximum Gasteiger partial charge on any atom is 0.323 e. The van der Waals surface area contributed by atoms with Crippen LogP contribution in [0.4, 0.5) is 0 Å². The number of nitrogens with one attached hydrogen (secondary N) is 1. The van der Waals surface area contributed by atoms with Crippen molar-refractivity contribution in [1.29, 1.82) is 0 Å². The van der Waals surface area contributed by atoms with E-state index in [9.17, 15) is 19.2 Å². The molecule has 0 bridgehead atoms. The molecule has 0 aliphatic heterocycles. The topological polar surface area (TPSA) is 117 Å². The fraction of sp³-hybridized carbons (Fsp3) is 0.630. The van der Waals surface area contributed by atoms with Crippen molar-refractivity contribution >= 4 is 23.9 Å². The lowest BCUT2D eigenvalue weighted by Gasteiger charge is -2.21. The van der Waals surface area contributed by atoms with Crippen molar-refractivity contribution in [3.05, 3.63) is 23.8 Å². The van der Waals surface area contributed by atoms with Gasteiger partial charge in [0.25, 0.3) is 0 Å². The van der Waals surface area contributed by atoms with Gasteiger partial charge in [0, 0.05) is 6.54 Å². The smallest absolute Gasteiger partial charge is 0.323 e. The Bertz CT molecular complexity index is 896. The van der Waals surface area contributed by atoms with Gasteiger partial charge in [-0.05, 0) is 37.5 Å². The van der Waals surface area contributed by atoms with E-state index in [1.54, 1.807) is 46.8 Å². The molecule has 0 saturated heterocycles. The first kappa shape index (κ1) is 31.1. The molecular formula is C27H41NO8. The van der Waals surface area contributed by atoms with Gasteiger partial charge in [-0.25, -0.2) is 0 Å². The van der Waals surface area contributed by atoms with Crippen LogP contribution in [0.3, 0.4) is 0 Å². The molecule has 1 aromatic carbocycles. The number of methoxy groups -OCH3 is 1. The van der Waals surface area contributed by atoms with Crippen LogP contribution in [0.15, 0.2) is 18.2 Å². The highest BCUT2D eigenvalue weighted by Gasteiger charge is 2.24. The average Bonchev–Trinajstić information content (AvgIpc) is 2.82. The van der Waals surface area contributed by atoms with Crippen LogP contribution in [0.25, 0.3) is 0 Å². The van der Waals surface area contributed by atoms with Gasteiger partial charge in [0.1, 0.15) is 12.1 Å². The minimum Gasteiger partial charge on any atom is -0.468 e. The Morgan fingerprint density at radius 2 is 1.42 bits per heavy atom. The Morgan fingerprint density at radius 3 is 1.94 bits per heavy atom. The number of ether oxygens (including phenoxy) is 4. The number of rotatable bonds is 14. The second-order valence-corrected chi connectivity index (χ2v) is 9.56. The Labute approximate surface area is 214 Å². The fourth-order valence-electron chi connectivity index (χ4n) is 3.13. The van der Waals surface area contributed by atoms with Gasteiger partial charge < -0.3 is 24.3 Å². The molecule has 9 nitrogen and oxygen atoms in total. The molecule has 0 radical (unpaired) electrons.